The highest BCUT2D eigenvalue weighted by Crippen LogP contribution is 2.23. The standard InChI is InChI=1S/C16H25N3O2/c1-12(2)11-21-16(20)19-8-5-13(6-9-19)10-15-14(17)4-3-7-18-15/h3-4,7,12-13H,5-6,8-11,17H2,1-2H3. The molecule has 21 heavy (non-hydrogen) atoms. The quantitative estimate of drug-likeness (QED) is 0.926. The van der Waals surface area contributed by atoms with Crippen LogP contribution in [0, 0.1) is 11.8 Å². The molecule has 2 N–H and O–H groups in total. The predicted molar refractivity (Wildman–Crippen MR) is 82.8 cm³/mol. The Bertz CT molecular complexity index is 468. The van der Waals surface area contributed by atoms with Crippen LogP contribution in [0.4, 0.5) is 10.5 Å². The third-order valence-corrected chi connectivity index (χ3v) is 3.82. The van der Waals surface area contributed by atoms with Gasteiger partial charge in [0.05, 0.1) is 18.0 Å². The monoisotopic (exact) mass is 291 g/mol. The van der Waals surface area contributed by atoms with Gasteiger partial charge in [0.2, 0.25) is 0 Å². The van der Waals surface area contributed by atoms with Crippen molar-refractivity contribution in [2.45, 2.75) is 33.1 Å². The number of amides is 1. The molecular weight excluding hydrogens is 266 g/mol. The van der Waals surface area contributed by atoms with Gasteiger partial charge in [0, 0.05) is 19.3 Å². The second-order valence-electron chi connectivity index (χ2n) is 6.14. The maximum atomic E-state index is 11.9. The first kappa shape index (κ1) is 15.6. The van der Waals surface area contributed by atoms with Gasteiger partial charge in [-0.3, -0.25) is 4.98 Å². The first-order valence-corrected chi connectivity index (χ1v) is 7.67. The van der Waals surface area contributed by atoms with Crippen LogP contribution in [0.3, 0.4) is 0 Å². The van der Waals surface area contributed by atoms with Crippen LogP contribution in [0.15, 0.2) is 18.3 Å². The maximum Gasteiger partial charge on any atom is 0.409 e. The number of likely N-dealkylation sites (tertiary alicyclic amines) is 1. The van der Waals surface area contributed by atoms with Gasteiger partial charge in [0.1, 0.15) is 0 Å². The fourth-order valence-electron chi connectivity index (χ4n) is 2.54. The molecule has 1 saturated heterocycles. The lowest BCUT2D eigenvalue weighted by Gasteiger charge is -2.31. The second kappa shape index (κ2) is 7.29. The molecule has 0 aromatic carbocycles. The van der Waals surface area contributed by atoms with E-state index in [0.717, 1.165) is 43.7 Å². The summed E-state index contributed by atoms with van der Waals surface area (Å²) in [6, 6.07) is 3.74. The summed E-state index contributed by atoms with van der Waals surface area (Å²) in [5.41, 5.74) is 7.67. The molecule has 0 saturated carbocycles. The molecule has 116 valence electrons. The number of piperidine rings is 1. The van der Waals surface area contributed by atoms with Crippen LogP contribution in [0.5, 0.6) is 0 Å². The molecule has 1 amide bonds. The van der Waals surface area contributed by atoms with Crippen molar-refractivity contribution in [3.05, 3.63) is 24.0 Å². The van der Waals surface area contributed by atoms with E-state index in [0.29, 0.717) is 18.4 Å². The molecule has 1 aliphatic rings. The zero-order valence-corrected chi connectivity index (χ0v) is 12.9. The number of nitrogen functional groups attached to an aromatic ring is 1. The highest BCUT2D eigenvalue weighted by Gasteiger charge is 2.24. The molecule has 2 heterocycles. The first-order chi connectivity index (χ1) is 10.1. The van der Waals surface area contributed by atoms with Crippen molar-refractivity contribution in [1.29, 1.82) is 0 Å². The lowest BCUT2D eigenvalue weighted by atomic mass is 9.92. The molecule has 1 aromatic heterocycles. The zero-order valence-electron chi connectivity index (χ0n) is 12.9. The van der Waals surface area contributed by atoms with Gasteiger partial charge in [-0.05, 0) is 43.2 Å². The van der Waals surface area contributed by atoms with E-state index in [-0.39, 0.29) is 6.09 Å². The van der Waals surface area contributed by atoms with Gasteiger partial charge in [-0.1, -0.05) is 13.8 Å². The van der Waals surface area contributed by atoms with E-state index in [4.69, 9.17) is 10.5 Å². The molecule has 0 unspecified atom stereocenters. The van der Waals surface area contributed by atoms with Crippen molar-refractivity contribution in [1.82, 2.24) is 9.88 Å². The first-order valence-electron chi connectivity index (χ1n) is 7.67. The smallest absolute Gasteiger partial charge is 0.409 e. The van der Waals surface area contributed by atoms with Crippen LogP contribution in [-0.4, -0.2) is 35.7 Å². The summed E-state index contributed by atoms with van der Waals surface area (Å²) in [5, 5.41) is 0. The highest BCUT2D eigenvalue weighted by molar-refractivity contribution is 5.67. The van der Waals surface area contributed by atoms with Crippen molar-refractivity contribution in [2.24, 2.45) is 11.8 Å². The number of anilines is 1. The second-order valence-corrected chi connectivity index (χ2v) is 6.14. The number of nitrogens with zero attached hydrogens (tertiary/aromatic N) is 2. The Hall–Kier alpha value is -1.78. The number of aromatic nitrogens is 1. The Morgan fingerprint density at radius 3 is 2.81 bits per heavy atom. The summed E-state index contributed by atoms with van der Waals surface area (Å²) in [6.45, 7) is 6.08. The Labute approximate surface area is 126 Å². The van der Waals surface area contributed by atoms with Crippen molar-refractivity contribution < 1.29 is 9.53 Å². The Morgan fingerprint density at radius 2 is 2.19 bits per heavy atom. The van der Waals surface area contributed by atoms with Crippen LogP contribution in [0.2, 0.25) is 0 Å². The zero-order chi connectivity index (χ0) is 15.2. The minimum absolute atomic E-state index is 0.181. The molecule has 0 bridgehead atoms. The highest BCUT2D eigenvalue weighted by atomic mass is 16.6. The summed E-state index contributed by atoms with van der Waals surface area (Å²) in [6.07, 6.45) is 4.45. The molecule has 0 radical (unpaired) electrons. The topological polar surface area (TPSA) is 68.5 Å². The molecule has 2 rings (SSSR count). The average molecular weight is 291 g/mol. The fraction of sp³-hybridized carbons (Fsp3) is 0.625. The van der Waals surface area contributed by atoms with Crippen molar-refractivity contribution in [3.63, 3.8) is 0 Å². The summed E-state index contributed by atoms with van der Waals surface area (Å²) < 4.78 is 5.27. The maximum absolute atomic E-state index is 11.9. The predicted octanol–water partition coefficient (Wildman–Crippen LogP) is 2.71. The van der Waals surface area contributed by atoms with Crippen LogP contribution in [0.1, 0.15) is 32.4 Å². The summed E-state index contributed by atoms with van der Waals surface area (Å²) in [5.74, 6) is 0.912. The number of rotatable bonds is 4. The molecule has 1 fully saturated rings. The van der Waals surface area contributed by atoms with E-state index in [1.54, 1.807) is 11.1 Å². The van der Waals surface area contributed by atoms with Gasteiger partial charge >= 0.3 is 6.09 Å². The number of ether oxygens (including phenoxy) is 1. The van der Waals surface area contributed by atoms with Crippen molar-refractivity contribution in [2.75, 3.05) is 25.4 Å². The lowest BCUT2D eigenvalue weighted by Crippen LogP contribution is -2.39. The number of hydrogen-bond acceptors (Lipinski definition) is 4. The lowest BCUT2D eigenvalue weighted by molar-refractivity contribution is 0.0790. The third kappa shape index (κ3) is 4.62. The Kier molecular flexibility index (Phi) is 5.42. The van der Waals surface area contributed by atoms with E-state index in [1.807, 2.05) is 26.0 Å². The normalized spacial score (nSPS) is 16.2. The minimum Gasteiger partial charge on any atom is -0.449 e. The summed E-state index contributed by atoms with van der Waals surface area (Å²) in [7, 11) is 0. The molecule has 0 aliphatic carbocycles. The molecule has 1 aromatic rings. The van der Waals surface area contributed by atoms with E-state index in [9.17, 15) is 4.79 Å². The molecule has 0 atom stereocenters. The third-order valence-electron chi connectivity index (χ3n) is 3.82. The summed E-state index contributed by atoms with van der Waals surface area (Å²) >= 11 is 0. The van der Waals surface area contributed by atoms with E-state index < -0.39 is 0 Å². The number of pyridine rings is 1. The van der Waals surface area contributed by atoms with Gasteiger partial charge in [-0.15, -0.1) is 0 Å². The minimum atomic E-state index is -0.181. The number of nitrogens with two attached hydrogens (primary N) is 1. The van der Waals surface area contributed by atoms with Crippen molar-refractivity contribution >= 4 is 11.8 Å². The molecule has 5 heteroatoms. The average Bonchev–Trinajstić information content (AvgIpc) is 2.48. The molecule has 1 aliphatic heterocycles. The number of hydrogen-bond donors (Lipinski definition) is 1. The SMILES string of the molecule is CC(C)COC(=O)N1CCC(Cc2ncccc2N)CC1. The number of carbonyl (C=O) groups is 1. The van der Waals surface area contributed by atoms with E-state index >= 15 is 0 Å². The van der Waals surface area contributed by atoms with Crippen LogP contribution < -0.4 is 5.73 Å². The summed E-state index contributed by atoms with van der Waals surface area (Å²) in [4.78, 5) is 18.0. The van der Waals surface area contributed by atoms with Crippen LogP contribution >= 0.6 is 0 Å². The molecular formula is C16H25N3O2. The Balaban J connectivity index is 1.78. The van der Waals surface area contributed by atoms with Gasteiger partial charge in [-0.2, -0.15) is 0 Å². The van der Waals surface area contributed by atoms with Crippen LogP contribution in [-0.2, 0) is 11.2 Å². The van der Waals surface area contributed by atoms with Gasteiger partial charge in [0.15, 0.2) is 0 Å². The number of carbonyl (C=O) groups excluding carboxylic acids is 1. The van der Waals surface area contributed by atoms with E-state index in [2.05, 4.69) is 4.98 Å². The van der Waals surface area contributed by atoms with E-state index in [1.165, 1.54) is 0 Å². The largest absolute Gasteiger partial charge is 0.449 e. The molecule has 5 nitrogen and oxygen atoms in total. The molecule has 0 spiro atoms. The van der Waals surface area contributed by atoms with Gasteiger partial charge < -0.3 is 15.4 Å². The van der Waals surface area contributed by atoms with Gasteiger partial charge in [0.25, 0.3) is 0 Å². The van der Waals surface area contributed by atoms with Gasteiger partial charge in [-0.25, -0.2) is 4.79 Å². The van der Waals surface area contributed by atoms with Crippen molar-refractivity contribution in [3.8, 4) is 0 Å². The Morgan fingerprint density at radius 1 is 1.48 bits per heavy atom. The fourth-order valence-corrected chi connectivity index (χ4v) is 2.54. The van der Waals surface area contributed by atoms with Crippen LogP contribution in [0.25, 0.3) is 0 Å².